The number of nitrogens with zero attached hydrogens (tertiary/aromatic N) is 1. The van der Waals surface area contributed by atoms with Crippen LogP contribution in [0.25, 0.3) is 44.5 Å². The van der Waals surface area contributed by atoms with Crippen LogP contribution >= 0.6 is 0 Å². The molecular formula is C64H59N. The van der Waals surface area contributed by atoms with Gasteiger partial charge in [-0.3, -0.25) is 0 Å². The highest BCUT2D eigenvalue weighted by Gasteiger charge is 2.62. The molecule has 1 heteroatoms. The minimum atomic E-state index is 0.107. The summed E-state index contributed by atoms with van der Waals surface area (Å²) < 4.78 is 0. The molecular weight excluding hydrogens is 783 g/mol. The lowest BCUT2D eigenvalue weighted by atomic mass is 9.43. The second kappa shape index (κ2) is 13.9. The summed E-state index contributed by atoms with van der Waals surface area (Å²) in [5.41, 5.74) is 22.0. The molecule has 10 aliphatic carbocycles. The van der Waals surface area contributed by atoms with Crippen molar-refractivity contribution in [3.8, 4) is 44.5 Å². The largest absolute Gasteiger partial charge is 0.337 e. The Morgan fingerprint density at radius 1 is 0.338 bits per heavy atom. The molecule has 5 unspecified atom stereocenters. The lowest BCUT2D eigenvalue weighted by molar-refractivity contribution is -0.0399. The van der Waals surface area contributed by atoms with E-state index in [1.54, 1.807) is 22.3 Å². The molecule has 8 bridgehead atoms. The van der Waals surface area contributed by atoms with Crippen LogP contribution in [0.4, 0.5) is 11.4 Å². The highest BCUT2D eigenvalue weighted by molar-refractivity contribution is 5.87. The van der Waals surface area contributed by atoms with Gasteiger partial charge in [0.1, 0.15) is 0 Å². The molecule has 7 aromatic carbocycles. The number of anilines is 2. The Bertz CT molecular complexity index is 2990. The molecule has 8 saturated carbocycles. The summed E-state index contributed by atoms with van der Waals surface area (Å²) in [5, 5.41) is 0. The van der Waals surface area contributed by atoms with Gasteiger partial charge in [0.15, 0.2) is 0 Å². The molecule has 17 rings (SSSR count). The normalized spacial score (nSPS) is 31.2. The first-order valence-electron chi connectivity index (χ1n) is 25.6. The Hall–Kier alpha value is -5.66. The summed E-state index contributed by atoms with van der Waals surface area (Å²) in [6, 6.07) is 64.4. The molecule has 0 aliphatic heterocycles. The summed E-state index contributed by atoms with van der Waals surface area (Å²) in [6.07, 6.45) is 15.6. The average Bonchev–Trinajstić information content (AvgIpc) is 3.70. The fourth-order valence-corrected chi connectivity index (χ4v) is 17.7. The van der Waals surface area contributed by atoms with Crippen molar-refractivity contribution in [1.29, 1.82) is 0 Å². The quantitative estimate of drug-likeness (QED) is 0.161. The highest BCUT2D eigenvalue weighted by atomic mass is 15.1. The zero-order chi connectivity index (χ0) is 42.4. The van der Waals surface area contributed by atoms with Gasteiger partial charge in [0.05, 0.1) is 0 Å². The van der Waals surface area contributed by atoms with Gasteiger partial charge in [0.2, 0.25) is 0 Å². The Morgan fingerprint density at radius 2 is 0.815 bits per heavy atom. The summed E-state index contributed by atoms with van der Waals surface area (Å²) in [7, 11) is 0. The van der Waals surface area contributed by atoms with Gasteiger partial charge < -0.3 is 4.90 Å². The van der Waals surface area contributed by atoms with Gasteiger partial charge in [-0.25, -0.2) is 0 Å². The van der Waals surface area contributed by atoms with Gasteiger partial charge in [-0.05, 0) is 214 Å². The Labute approximate surface area is 386 Å². The topological polar surface area (TPSA) is 3.24 Å². The van der Waals surface area contributed by atoms with Crippen molar-refractivity contribution in [2.45, 2.75) is 88.0 Å². The standard InChI is InChI=1S/C64H59N/c1-3-11-44(12-4-1)46-20-21-47(58(36-46)45-13-5-2-6-14-45)39-65(53-24-26-57-55-16-8-10-18-60(55)64(62(57)38-53)50-32-42-28-43(34-50)35-51(64)33-42)52-23-25-56-54-15-7-9-17-59(54)63(61(56)37-52)48-22-19-40-27-41(30-48)31-49(63)29-40/h1-18,20-21,23-26,36-38,40-43,48-51H,19,22,27-35,39H2. The smallest absolute Gasteiger partial charge is 0.0487 e. The van der Waals surface area contributed by atoms with Crippen LogP contribution in [0, 0.1) is 47.3 Å². The van der Waals surface area contributed by atoms with Crippen molar-refractivity contribution in [1.82, 2.24) is 0 Å². The lowest BCUT2D eigenvalue weighted by Crippen LogP contribution is -2.55. The highest BCUT2D eigenvalue weighted by Crippen LogP contribution is 2.71. The SMILES string of the molecule is c1ccc(-c2ccc(CN(c3ccc4c(c3)C3(c5ccccc5-4)C4CCC5CC(C4)CC3C5)c3ccc4c(c3)C3(c5ccccc5-4)C4CC5CC(C4)CC3C5)c(-c3ccccc3)c2)cc1. The molecule has 65 heavy (non-hydrogen) atoms. The number of fused-ring (bicyclic) bond motifs is 7. The maximum atomic E-state index is 2.76. The first-order valence-corrected chi connectivity index (χ1v) is 25.6. The molecule has 1 nitrogen and oxygen atoms in total. The molecule has 0 saturated heterocycles. The molecule has 7 aromatic rings. The fraction of sp³-hybridized carbons (Fsp3) is 0.344. The Kier molecular flexibility index (Phi) is 8.05. The monoisotopic (exact) mass is 841 g/mol. The van der Waals surface area contributed by atoms with E-state index in [4.69, 9.17) is 0 Å². The van der Waals surface area contributed by atoms with Crippen molar-refractivity contribution in [3.63, 3.8) is 0 Å². The van der Waals surface area contributed by atoms with Crippen LogP contribution in [0.5, 0.6) is 0 Å². The van der Waals surface area contributed by atoms with E-state index in [0.29, 0.717) is 0 Å². The predicted octanol–water partition coefficient (Wildman–Crippen LogP) is 16.2. The number of benzene rings is 7. The van der Waals surface area contributed by atoms with Crippen molar-refractivity contribution in [2.24, 2.45) is 47.3 Å². The minimum absolute atomic E-state index is 0.107. The van der Waals surface area contributed by atoms with E-state index in [-0.39, 0.29) is 10.8 Å². The van der Waals surface area contributed by atoms with Crippen LogP contribution in [-0.2, 0) is 17.4 Å². The predicted molar refractivity (Wildman–Crippen MR) is 267 cm³/mol. The number of rotatable bonds is 6. The van der Waals surface area contributed by atoms with Crippen LogP contribution < -0.4 is 4.90 Å². The molecule has 5 atom stereocenters. The third-order valence-corrected chi connectivity index (χ3v) is 19.6. The summed E-state index contributed by atoms with van der Waals surface area (Å²) >= 11 is 0. The zero-order valence-electron chi connectivity index (χ0n) is 37.6. The third-order valence-electron chi connectivity index (χ3n) is 19.6. The number of hydrogen-bond donors (Lipinski definition) is 0. The molecule has 8 fully saturated rings. The van der Waals surface area contributed by atoms with Crippen LogP contribution in [0.2, 0.25) is 0 Å². The second-order valence-corrected chi connectivity index (χ2v) is 22.4. The summed E-state index contributed by atoms with van der Waals surface area (Å²) in [6.45, 7) is 0.796. The van der Waals surface area contributed by atoms with Gasteiger partial charge in [0, 0.05) is 28.7 Å². The van der Waals surface area contributed by atoms with Gasteiger partial charge in [-0.15, -0.1) is 0 Å². The number of hydrogen-bond acceptors (Lipinski definition) is 1. The minimum Gasteiger partial charge on any atom is -0.337 e. The molecule has 0 heterocycles. The van der Waals surface area contributed by atoms with Gasteiger partial charge in [-0.1, -0.05) is 140 Å². The zero-order valence-corrected chi connectivity index (χ0v) is 37.6. The fourth-order valence-electron chi connectivity index (χ4n) is 17.7. The van der Waals surface area contributed by atoms with E-state index in [0.717, 1.165) is 53.9 Å². The third kappa shape index (κ3) is 5.22. The van der Waals surface area contributed by atoms with E-state index in [1.807, 2.05) is 0 Å². The lowest BCUT2D eigenvalue weighted by Gasteiger charge is -2.61. The van der Waals surface area contributed by atoms with Crippen LogP contribution in [-0.4, -0.2) is 0 Å². The van der Waals surface area contributed by atoms with E-state index in [2.05, 4.69) is 169 Å². The van der Waals surface area contributed by atoms with Crippen molar-refractivity contribution in [2.75, 3.05) is 4.90 Å². The van der Waals surface area contributed by atoms with Crippen LogP contribution in [0.3, 0.4) is 0 Å². The molecule has 0 amide bonds. The van der Waals surface area contributed by atoms with Crippen LogP contribution in [0.15, 0.2) is 164 Å². The van der Waals surface area contributed by atoms with Crippen LogP contribution in [0.1, 0.15) is 98.4 Å². The van der Waals surface area contributed by atoms with E-state index in [1.165, 1.54) is 132 Å². The van der Waals surface area contributed by atoms with Crippen molar-refractivity contribution in [3.05, 3.63) is 192 Å². The van der Waals surface area contributed by atoms with E-state index < -0.39 is 0 Å². The van der Waals surface area contributed by atoms with Crippen molar-refractivity contribution >= 4 is 11.4 Å². The average molecular weight is 842 g/mol. The Morgan fingerprint density at radius 3 is 1.42 bits per heavy atom. The van der Waals surface area contributed by atoms with E-state index in [9.17, 15) is 0 Å². The molecule has 2 spiro atoms. The summed E-state index contributed by atoms with van der Waals surface area (Å²) in [4.78, 5) is 2.76. The first-order chi connectivity index (χ1) is 32.1. The molecule has 0 N–H and O–H groups in total. The van der Waals surface area contributed by atoms with Gasteiger partial charge >= 0.3 is 0 Å². The maximum absolute atomic E-state index is 2.76. The summed E-state index contributed by atoms with van der Waals surface area (Å²) in [5.74, 6) is 6.58. The van der Waals surface area contributed by atoms with Crippen molar-refractivity contribution < 1.29 is 0 Å². The van der Waals surface area contributed by atoms with Gasteiger partial charge in [-0.2, -0.15) is 0 Å². The molecule has 320 valence electrons. The maximum Gasteiger partial charge on any atom is 0.0487 e. The molecule has 0 radical (unpaired) electrons. The molecule has 0 aromatic heterocycles. The van der Waals surface area contributed by atoms with E-state index >= 15 is 0 Å². The Balaban J connectivity index is 0.941. The van der Waals surface area contributed by atoms with Gasteiger partial charge in [0.25, 0.3) is 0 Å². The second-order valence-electron chi connectivity index (χ2n) is 22.4. The molecule has 10 aliphatic rings. The first kappa shape index (κ1) is 37.5.